The molecule has 0 radical (unpaired) electrons. The number of thiol groups is 1. The Hall–Kier alpha value is -5.04. The molecular weight excluding hydrogens is 861 g/mol. The lowest BCUT2D eigenvalue weighted by Gasteiger charge is -2.13. The summed E-state index contributed by atoms with van der Waals surface area (Å²) in [4.78, 5) is 25.8. The highest BCUT2D eigenvalue weighted by Gasteiger charge is 2.19. The third kappa shape index (κ3) is 44.6. The minimum Gasteiger partial charge on any atom is -0.466 e. The largest absolute Gasteiger partial charge is 0.466 e. The number of rotatable bonds is 32. The van der Waals surface area contributed by atoms with Crippen LogP contribution in [0, 0.1) is 5.92 Å². The van der Waals surface area contributed by atoms with Gasteiger partial charge in [0.25, 0.3) is 0 Å². The van der Waals surface area contributed by atoms with Crippen LogP contribution in [0.4, 0.5) is 0 Å². The summed E-state index contributed by atoms with van der Waals surface area (Å²) in [6, 6.07) is 19.8. The van der Waals surface area contributed by atoms with Gasteiger partial charge in [0.15, 0.2) is 0 Å². The minimum atomic E-state index is -0.211. The SMILES string of the molecule is CC/C=C\C/C=C\C/C=C\C/C=C\C/C=C\C/C=C\CC(C)C(=O)OCC.CC/C=C\C/C=C\C/C=C\C/C=C\C/C=C\C/C=C\CC(Sc1ccccc1)C(=O)OCC.Sc1ccccc1. The Kier molecular flexibility index (Phi) is 46.6. The molecule has 2 rings (SSSR count). The van der Waals surface area contributed by atoms with Gasteiger partial charge in [0.05, 0.1) is 19.1 Å². The Labute approximate surface area is 418 Å². The first kappa shape index (κ1) is 62.0. The molecule has 4 nitrogen and oxygen atoms in total. The summed E-state index contributed by atoms with van der Waals surface area (Å²) in [6.07, 6.45) is 65.7. The normalized spacial score (nSPS) is 13.2. The molecule has 6 heteroatoms. The Morgan fingerprint density at radius 2 is 0.731 bits per heavy atom. The van der Waals surface area contributed by atoms with E-state index in [0.29, 0.717) is 19.6 Å². The molecule has 2 aromatic carbocycles. The summed E-state index contributed by atoms with van der Waals surface area (Å²) in [6.45, 7) is 10.8. The van der Waals surface area contributed by atoms with E-state index in [-0.39, 0.29) is 23.1 Å². The number of carbonyl (C=O) groups excluding carboxylic acids is 2. The number of hydrogen-bond donors (Lipinski definition) is 1. The second-order valence-corrected chi connectivity index (χ2v) is 16.8. The van der Waals surface area contributed by atoms with Gasteiger partial charge >= 0.3 is 11.9 Å². The number of thioether (sulfide) groups is 1. The van der Waals surface area contributed by atoms with Gasteiger partial charge in [-0.3, -0.25) is 9.59 Å². The van der Waals surface area contributed by atoms with Crippen LogP contribution >= 0.6 is 24.4 Å². The lowest BCUT2D eigenvalue weighted by molar-refractivity contribution is -0.147. The zero-order chi connectivity index (χ0) is 48.9. The predicted octanol–water partition coefficient (Wildman–Crippen LogP) is 18.0. The third-order valence-electron chi connectivity index (χ3n) is 9.05. The number of esters is 2. The van der Waals surface area contributed by atoms with Gasteiger partial charge in [-0.2, -0.15) is 0 Å². The molecule has 0 saturated carbocycles. The second kappa shape index (κ2) is 50.4. The Morgan fingerprint density at radius 1 is 0.433 bits per heavy atom. The van der Waals surface area contributed by atoms with Gasteiger partial charge in [-0.05, 0) is 128 Å². The molecule has 2 atom stereocenters. The van der Waals surface area contributed by atoms with Gasteiger partial charge in [-0.25, -0.2) is 0 Å². The Bertz CT molecular complexity index is 1820. The number of benzene rings is 2. The molecule has 0 saturated heterocycles. The topological polar surface area (TPSA) is 52.6 Å². The highest BCUT2D eigenvalue weighted by molar-refractivity contribution is 8.00. The van der Waals surface area contributed by atoms with E-state index >= 15 is 0 Å². The van der Waals surface area contributed by atoms with Crippen molar-refractivity contribution < 1.29 is 19.1 Å². The van der Waals surface area contributed by atoms with E-state index in [1.54, 1.807) is 11.8 Å². The number of carbonyl (C=O) groups is 2. The van der Waals surface area contributed by atoms with Crippen molar-refractivity contribution in [1.29, 1.82) is 0 Å². The Morgan fingerprint density at radius 3 is 1.04 bits per heavy atom. The van der Waals surface area contributed by atoms with Gasteiger partial charge in [-0.1, -0.05) is 203 Å². The van der Waals surface area contributed by atoms with Crippen LogP contribution in [0.3, 0.4) is 0 Å². The smallest absolute Gasteiger partial charge is 0.319 e. The molecule has 0 bridgehead atoms. The molecule has 364 valence electrons. The monoisotopic (exact) mass is 945 g/mol. The lowest BCUT2D eigenvalue weighted by Crippen LogP contribution is -2.19. The van der Waals surface area contributed by atoms with Crippen molar-refractivity contribution in [3.8, 4) is 0 Å². The maximum absolute atomic E-state index is 12.3. The molecular formula is C61H84O4S2. The van der Waals surface area contributed by atoms with Crippen molar-refractivity contribution >= 4 is 36.3 Å². The Balaban J connectivity index is 0.00000115. The fourth-order valence-corrected chi connectivity index (χ4v) is 6.65. The molecule has 0 heterocycles. The molecule has 0 aromatic heterocycles. The molecule has 0 amide bonds. The van der Waals surface area contributed by atoms with E-state index < -0.39 is 0 Å². The van der Waals surface area contributed by atoms with E-state index in [9.17, 15) is 9.59 Å². The number of allylic oxidation sites excluding steroid dienone is 24. The summed E-state index contributed by atoms with van der Waals surface area (Å²) >= 11 is 5.65. The lowest BCUT2D eigenvalue weighted by atomic mass is 10.1. The summed E-state index contributed by atoms with van der Waals surface area (Å²) in [5.41, 5.74) is 0. The predicted molar refractivity (Wildman–Crippen MR) is 298 cm³/mol. The van der Waals surface area contributed by atoms with Gasteiger partial charge < -0.3 is 9.47 Å². The quantitative estimate of drug-likeness (QED) is 0.0343. The van der Waals surface area contributed by atoms with E-state index in [0.717, 1.165) is 93.3 Å². The minimum absolute atomic E-state index is 0.0606. The molecule has 0 aliphatic rings. The average molecular weight is 945 g/mol. The van der Waals surface area contributed by atoms with E-state index in [4.69, 9.17) is 9.47 Å². The molecule has 2 aromatic rings. The van der Waals surface area contributed by atoms with Crippen molar-refractivity contribution in [3.05, 3.63) is 206 Å². The van der Waals surface area contributed by atoms with Crippen LogP contribution in [0.15, 0.2) is 216 Å². The van der Waals surface area contributed by atoms with Crippen LogP contribution in [0.5, 0.6) is 0 Å². The van der Waals surface area contributed by atoms with Crippen LogP contribution in [-0.4, -0.2) is 30.4 Å². The van der Waals surface area contributed by atoms with Crippen LogP contribution in [0.25, 0.3) is 0 Å². The van der Waals surface area contributed by atoms with Gasteiger partial charge in [0.1, 0.15) is 5.25 Å². The summed E-state index contributed by atoms with van der Waals surface area (Å²) in [7, 11) is 0. The molecule has 0 aliphatic heterocycles. The first-order valence-electron chi connectivity index (χ1n) is 24.5. The first-order chi connectivity index (χ1) is 32.9. The van der Waals surface area contributed by atoms with Crippen LogP contribution in [0.1, 0.15) is 125 Å². The summed E-state index contributed by atoms with van der Waals surface area (Å²) < 4.78 is 10.2. The van der Waals surface area contributed by atoms with E-state index in [1.807, 2.05) is 81.4 Å². The van der Waals surface area contributed by atoms with Crippen molar-refractivity contribution in [3.63, 3.8) is 0 Å². The van der Waals surface area contributed by atoms with Gasteiger partial charge in [0, 0.05) is 9.79 Å². The zero-order valence-corrected chi connectivity index (χ0v) is 43.3. The standard InChI is InChI=1S/C30H40O2S.C25H38O2.C6H6S/c1-3-5-6-7-8-9-10-11-12-13-14-15-16-17-18-19-20-24-27-29(30(31)32-4-2)33-28-25-22-21-23-26-28;1-4-6-7-8-9-10-11-12-13-14-15-16-17-18-19-20-21-22-23-24(3)25(26)27-5-2;7-6-4-2-1-3-5-6/h5-6,8-9,11-12,14-15,17-18,20-26,29H,3-4,7,10,13,16,19,27H2,1-2H3;6-7,9-10,12-13,15-16,18-19,21-22,24H,4-5,8,11,14,17,20,23H2,1-3H3;1-5,7H/b6-5-,9-8-,12-11-,15-14-,18-17-,24-20-;7-6-,10-9-,13-12-,16-15-,19-18-,22-21-;. The number of hydrogen-bond acceptors (Lipinski definition) is 6. The van der Waals surface area contributed by atoms with Crippen LogP contribution in [-0.2, 0) is 19.1 Å². The molecule has 67 heavy (non-hydrogen) atoms. The fourth-order valence-electron chi connectivity index (χ4n) is 5.46. The van der Waals surface area contributed by atoms with Crippen molar-refractivity contribution in [2.75, 3.05) is 13.2 Å². The second-order valence-electron chi connectivity index (χ2n) is 15.0. The average Bonchev–Trinajstić information content (AvgIpc) is 3.34. The van der Waals surface area contributed by atoms with Crippen molar-refractivity contribution in [1.82, 2.24) is 0 Å². The van der Waals surface area contributed by atoms with Crippen LogP contribution in [0.2, 0.25) is 0 Å². The van der Waals surface area contributed by atoms with Gasteiger partial charge in [0.2, 0.25) is 0 Å². The zero-order valence-electron chi connectivity index (χ0n) is 41.6. The summed E-state index contributed by atoms with van der Waals surface area (Å²) in [5, 5.41) is -0.211. The van der Waals surface area contributed by atoms with Crippen molar-refractivity contribution in [2.45, 2.75) is 140 Å². The maximum Gasteiger partial charge on any atom is 0.319 e. The molecule has 0 aliphatic carbocycles. The fraction of sp³-hybridized carbons (Fsp3) is 0.377. The van der Waals surface area contributed by atoms with E-state index in [1.165, 1.54) is 0 Å². The third-order valence-corrected chi connectivity index (χ3v) is 10.6. The molecule has 0 spiro atoms. The first-order valence-corrected chi connectivity index (χ1v) is 25.8. The van der Waals surface area contributed by atoms with Crippen molar-refractivity contribution in [2.24, 2.45) is 5.92 Å². The highest BCUT2D eigenvalue weighted by Crippen LogP contribution is 2.26. The van der Waals surface area contributed by atoms with Crippen LogP contribution < -0.4 is 0 Å². The maximum atomic E-state index is 12.3. The highest BCUT2D eigenvalue weighted by atomic mass is 32.2. The number of ether oxygens (including phenoxy) is 2. The molecule has 0 N–H and O–H groups in total. The summed E-state index contributed by atoms with van der Waals surface area (Å²) in [5.74, 6) is -0.322. The molecule has 2 unspecified atom stereocenters. The molecule has 0 fully saturated rings. The van der Waals surface area contributed by atoms with Gasteiger partial charge in [-0.15, -0.1) is 24.4 Å². The van der Waals surface area contributed by atoms with E-state index in [2.05, 4.69) is 172 Å².